The van der Waals surface area contributed by atoms with Crippen molar-refractivity contribution in [3.8, 4) is 0 Å². The maximum Gasteiger partial charge on any atom is 0.226 e. The third-order valence-electron chi connectivity index (χ3n) is 3.19. The number of hydrogen-bond acceptors (Lipinski definition) is 1. The van der Waals surface area contributed by atoms with Gasteiger partial charge in [-0.15, -0.1) is 6.58 Å². The van der Waals surface area contributed by atoms with Gasteiger partial charge in [-0.05, 0) is 26.7 Å². The van der Waals surface area contributed by atoms with Gasteiger partial charge in [-0.2, -0.15) is 0 Å². The standard InChI is InChI=1S/C13H23NO/c1-4-10-14(11(2)3)13(15)12-8-6-5-7-9-12/h4,11-12H,1,5-10H2,2-3H3. The monoisotopic (exact) mass is 209 g/mol. The first-order chi connectivity index (χ1) is 7.16. The molecule has 1 aliphatic rings. The van der Waals surface area contributed by atoms with Crippen molar-refractivity contribution in [1.82, 2.24) is 4.90 Å². The van der Waals surface area contributed by atoms with E-state index in [1.165, 1.54) is 19.3 Å². The third kappa shape index (κ3) is 3.37. The van der Waals surface area contributed by atoms with Crippen molar-refractivity contribution >= 4 is 5.91 Å². The molecular formula is C13H23NO. The Labute approximate surface area is 93.3 Å². The van der Waals surface area contributed by atoms with Crippen LogP contribution in [0.2, 0.25) is 0 Å². The Bertz CT molecular complexity index is 217. The lowest BCUT2D eigenvalue weighted by atomic mass is 9.88. The highest BCUT2D eigenvalue weighted by molar-refractivity contribution is 5.79. The minimum Gasteiger partial charge on any atom is -0.336 e. The fraction of sp³-hybridized carbons (Fsp3) is 0.769. The van der Waals surface area contributed by atoms with Crippen LogP contribution in [0, 0.1) is 5.92 Å². The van der Waals surface area contributed by atoms with Crippen LogP contribution in [-0.4, -0.2) is 23.4 Å². The van der Waals surface area contributed by atoms with Gasteiger partial charge in [0, 0.05) is 18.5 Å². The van der Waals surface area contributed by atoms with Gasteiger partial charge in [-0.25, -0.2) is 0 Å². The molecule has 1 aliphatic carbocycles. The van der Waals surface area contributed by atoms with Gasteiger partial charge in [0.15, 0.2) is 0 Å². The molecule has 0 aromatic rings. The summed E-state index contributed by atoms with van der Waals surface area (Å²) in [6.07, 6.45) is 7.72. The average molecular weight is 209 g/mol. The van der Waals surface area contributed by atoms with Crippen molar-refractivity contribution < 1.29 is 4.79 Å². The summed E-state index contributed by atoms with van der Waals surface area (Å²) in [5.74, 6) is 0.616. The zero-order valence-corrected chi connectivity index (χ0v) is 10.0. The molecule has 0 aliphatic heterocycles. The third-order valence-corrected chi connectivity index (χ3v) is 3.19. The van der Waals surface area contributed by atoms with Crippen LogP contribution in [0.15, 0.2) is 12.7 Å². The fourth-order valence-electron chi connectivity index (χ4n) is 2.28. The Kier molecular flexibility index (Phi) is 4.86. The lowest BCUT2D eigenvalue weighted by molar-refractivity contribution is -0.137. The molecular weight excluding hydrogens is 186 g/mol. The van der Waals surface area contributed by atoms with Gasteiger partial charge >= 0.3 is 0 Å². The SMILES string of the molecule is C=CCN(C(=O)C1CCCCC1)C(C)C. The molecule has 0 bridgehead atoms. The van der Waals surface area contributed by atoms with E-state index in [1.807, 2.05) is 11.0 Å². The van der Waals surface area contributed by atoms with Crippen molar-refractivity contribution in [2.45, 2.75) is 52.0 Å². The van der Waals surface area contributed by atoms with Crippen LogP contribution in [0.3, 0.4) is 0 Å². The number of hydrogen-bond donors (Lipinski definition) is 0. The Balaban J connectivity index is 2.57. The lowest BCUT2D eigenvalue weighted by Crippen LogP contribution is -2.41. The molecule has 1 saturated carbocycles. The molecule has 1 amide bonds. The average Bonchev–Trinajstić information content (AvgIpc) is 2.26. The quantitative estimate of drug-likeness (QED) is 0.652. The molecule has 86 valence electrons. The molecule has 0 aromatic carbocycles. The van der Waals surface area contributed by atoms with E-state index in [0.717, 1.165) is 12.8 Å². The molecule has 0 N–H and O–H groups in total. The molecule has 0 spiro atoms. The largest absolute Gasteiger partial charge is 0.336 e. The van der Waals surface area contributed by atoms with Gasteiger partial charge < -0.3 is 4.90 Å². The summed E-state index contributed by atoms with van der Waals surface area (Å²) in [5, 5.41) is 0. The lowest BCUT2D eigenvalue weighted by Gasteiger charge is -2.31. The summed E-state index contributed by atoms with van der Waals surface area (Å²) in [6.45, 7) is 8.55. The van der Waals surface area contributed by atoms with Gasteiger partial charge in [0.2, 0.25) is 5.91 Å². The molecule has 0 unspecified atom stereocenters. The van der Waals surface area contributed by atoms with Crippen LogP contribution >= 0.6 is 0 Å². The van der Waals surface area contributed by atoms with E-state index >= 15 is 0 Å². The maximum atomic E-state index is 12.2. The first kappa shape index (κ1) is 12.3. The van der Waals surface area contributed by atoms with Gasteiger partial charge in [-0.3, -0.25) is 4.79 Å². The molecule has 2 nitrogen and oxygen atoms in total. The molecule has 0 atom stereocenters. The Morgan fingerprint density at radius 2 is 2.00 bits per heavy atom. The van der Waals surface area contributed by atoms with E-state index in [1.54, 1.807) is 0 Å². The zero-order chi connectivity index (χ0) is 11.3. The van der Waals surface area contributed by atoms with E-state index in [-0.39, 0.29) is 12.0 Å². The van der Waals surface area contributed by atoms with E-state index in [2.05, 4.69) is 20.4 Å². The normalized spacial score (nSPS) is 17.8. The van der Waals surface area contributed by atoms with E-state index < -0.39 is 0 Å². The Hall–Kier alpha value is -0.790. The van der Waals surface area contributed by atoms with Crippen molar-refractivity contribution in [2.75, 3.05) is 6.54 Å². The molecule has 0 aromatic heterocycles. The first-order valence-electron chi connectivity index (χ1n) is 6.08. The highest BCUT2D eigenvalue weighted by atomic mass is 16.2. The maximum absolute atomic E-state index is 12.2. The van der Waals surface area contributed by atoms with Crippen LogP contribution in [0.1, 0.15) is 46.0 Å². The van der Waals surface area contributed by atoms with Gasteiger partial charge in [-0.1, -0.05) is 25.3 Å². The smallest absolute Gasteiger partial charge is 0.226 e. The minimum atomic E-state index is 0.279. The summed E-state index contributed by atoms with van der Waals surface area (Å²) in [6, 6.07) is 0.289. The van der Waals surface area contributed by atoms with Gasteiger partial charge in [0.25, 0.3) is 0 Å². The van der Waals surface area contributed by atoms with Crippen molar-refractivity contribution in [3.05, 3.63) is 12.7 Å². The molecule has 0 heterocycles. The topological polar surface area (TPSA) is 20.3 Å². The summed E-state index contributed by atoms with van der Waals surface area (Å²) in [4.78, 5) is 14.2. The number of amides is 1. The Morgan fingerprint density at radius 3 is 2.47 bits per heavy atom. The first-order valence-corrected chi connectivity index (χ1v) is 6.08. The number of rotatable bonds is 4. The molecule has 2 heteroatoms. The molecule has 1 rings (SSSR count). The molecule has 15 heavy (non-hydrogen) atoms. The van der Waals surface area contributed by atoms with Crippen LogP contribution in [-0.2, 0) is 4.79 Å². The van der Waals surface area contributed by atoms with E-state index in [0.29, 0.717) is 12.5 Å². The van der Waals surface area contributed by atoms with E-state index in [9.17, 15) is 4.79 Å². The minimum absolute atomic E-state index is 0.279. The van der Waals surface area contributed by atoms with Crippen LogP contribution in [0.25, 0.3) is 0 Å². The zero-order valence-electron chi connectivity index (χ0n) is 10.0. The molecule has 1 fully saturated rings. The van der Waals surface area contributed by atoms with Crippen molar-refractivity contribution in [3.63, 3.8) is 0 Å². The van der Waals surface area contributed by atoms with Crippen LogP contribution in [0.5, 0.6) is 0 Å². The predicted molar refractivity (Wildman–Crippen MR) is 63.6 cm³/mol. The second-order valence-electron chi connectivity index (χ2n) is 4.71. The van der Waals surface area contributed by atoms with Crippen LogP contribution < -0.4 is 0 Å². The van der Waals surface area contributed by atoms with E-state index in [4.69, 9.17) is 0 Å². The molecule has 0 radical (unpaired) electrons. The van der Waals surface area contributed by atoms with Gasteiger partial charge in [0.1, 0.15) is 0 Å². The highest BCUT2D eigenvalue weighted by Gasteiger charge is 2.26. The summed E-state index contributed by atoms with van der Waals surface area (Å²) in [5.41, 5.74) is 0. The summed E-state index contributed by atoms with van der Waals surface area (Å²) in [7, 11) is 0. The number of carbonyl (C=O) groups is 1. The van der Waals surface area contributed by atoms with Crippen LogP contribution in [0.4, 0.5) is 0 Å². The Morgan fingerprint density at radius 1 is 1.40 bits per heavy atom. The summed E-state index contributed by atoms with van der Waals surface area (Å²) < 4.78 is 0. The second-order valence-corrected chi connectivity index (χ2v) is 4.71. The number of nitrogens with zero attached hydrogens (tertiary/aromatic N) is 1. The summed E-state index contributed by atoms with van der Waals surface area (Å²) >= 11 is 0. The van der Waals surface area contributed by atoms with Gasteiger partial charge in [0.05, 0.1) is 0 Å². The predicted octanol–water partition coefficient (Wildman–Crippen LogP) is 2.99. The number of carbonyl (C=O) groups excluding carboxylic acids is 1. The molecule has 0 saturated heterocycles. The fourth-order valence-corrected chi connectivity index (χ4v) is 2.28. The van der Waals surface area contributed by atoms with Crippen molar-refractivity contribution in [1.29, 1.82) is 0 Å². The second kappa shape index (κ2) is 5.94. The van der Waals surface area contributed by atoms with Crippen molar-refractivity contribution in [2.24, 2.45) is 5.92 Å². The highest BCUT2D eigenvalue weighted by Crippen LogP contribution is 2.25.